The minimum absolute atomic E-state index is 0.129. The smallest absolute Gasteiger partial charge is 0.323 e. The van der Waals surface area contributed by atoms with Gasteiger partial charge in [-0.2, -0.15) is 0 Å². The lowest BCUT2D eigenvalue weighted by atomic mass is 9.90. The summed E-state index contributed by atoms with van der Waals surface area (Å²) in [5.41, 5.74) is 21.9. The second kappa shape index (κ2) is 60.9. The topological polar surface area (TPSA) is 290 Å². The fourth-order valence-electron chi connectivity index (χ4n) is 16.3. The van der Waals surface area contributed by atoms with Crippen molar-refractivity contribution >= 4 is 69.6 Å². The van der Waals surface area contributed by atoms with Gasteiger partial charge in [-0.25, -0.2) is 19.2 Å². The van der Waals surface area contributed by atoms with Gasteiger partial charge in [-0.1, -0.05) is 221 Å². The van der Waals surface area contributed by atoms with Crippen LogP contribution in [0.1, 0.15) is 317 Å². The Labute approximate surface area is 776 Å². The zero-order valence-electron chi connectivity index (χ0n) is 79.3. The van der Waals surface area contributed by atoms with E-state index in [4.69, 9.17) is 49.4 Å². The van der Waals surface area contributed by atoms with Crippen LogP contribution in [0.25, 0.3) is 0 Å². The highest BCUT2D eigenvalue weighted by molar-refractivity contribution is 6.02. The first kappa shape index (κ1) is 103. The maximum atomic E-state index is 14.8. The molecule has 0 saturated heterocycles. The molecular formula is C108H154N10O12. The number of hydrogen-bond acceptors (Lipinski definition) is 14. The molecule has 12 N–H and O–H groups in total. The first-order valence-electron chi connectivity index (χ1n) is 49.6. The average molecular weight is 1780 g/mol. The maximum absolute atomic E-state index is 14.8. The zero-order chi connectivity index (χ0) is 91.8. The van der Waals surface area contributed by atoms with Crippen LogP contribution in [0.15, 0.2) is 146 Å². The summed E-state index contributed by atoms with van der Waals surface area (Å²) in [6, 6.07) is 43.0. The van der Waals surface area contributed by atoms with Gasteiger partial charge in [-0.05, 0) is 210 Å². The van der Waals surface area contributed by atoms with E-state index in [0.717, 1.165) is 51.4 Å². The van der Waals surface area contributed by atoms with Crippen molar-refractivity contribution < 1.29 is 57.1 Å². The van der Waals surface area contributed by atoms with E-state index >= 15 is 0 Å². The highest BCUT2D eigenvalue weighted by atomic mass is 16.5. The summed E-state index contributed by atoms with van der Waals surface area (Å²) < 4.78 is 53.0. The number of amides is 8. The Morgan fingerprint density at radius 2 is 0.377 bits per heavy atom. The maximum Gasteiger partial charge on any atom is 0.323 e. The van der Waals surface area contributed by atoms with Crippen molar-refractivity contribution in [1.29, 1.82) is 0 Å². The Hall–Kier alpha value is -10.8. The number of hydrogen-bond donors (Lipinski definition) is 10. The molecule has 9 rings (SSSR count). The van der Waals surface area contributed by atoms with Gasteiger partial charge in [-0.15, -0.1) is 0 Å². The van der Waals surface area contributed by atoms with E-state index in [1.54, 1.807) is 0 Å². The molecule has 0 spiro atoms. The van der Waals surface area contributed by atoms with Crippen molar-refractivity contribution in [3.8, 4) is 46.0 Å². The van der Waals surface area contributed by atoms with Gasteiger partial charge in [0.2, 0.25) is 0 Å². The summed E-state index contributed by atoms with van der Waals surface area (Å²) in [5, 5.41) is 25.2. The van der Waals surface area contributed by atoms with E-state index in [2.05, 4.69) is 84.1 Å². The number of ether oxygens (including phenoxy) is 8. The van der Waals surface area contributed by atoms with Gasteiger partial charge >= 0.3 is 24.1 Å². The zero-order valence-corrected chi connectivity index (χ0v) is 79.3. The first-order valence-corrected chi connectivity index (χ1v) is 49.6. The molecule has 0 fully saturated rings. The van der Waals surface area contributed by atoms with Crippen LogP contribution in [0.4, 0.5) is 64.7 Å². The van der Waals surface area contributed by atoms with Crippen molar-refractivity contribution in [2.75, 3.05) is 108 Å². The molecule has 8 aromatic rings. The summed E-state index contributed by atoms with van der Waals surface area (Å²) in [6.45, 7) is 17.3. The lowest BCUT2D eigenvalue weighted by Gasteiger charge is -2.25. The van der Waals surface area contributed by atoms with Crippen LogP contribution < -0.4 is 91.9 Å². The van der Waals surface area contributed by atoms with E-state index in [1.807, 2.05) is 146 Å². The number of nitrogens with one attached hydrogen (secondary N) is 8. The lowest BCUT2D eigenvalue weighted by molar-refractivity contribution is 0.261. The van der Waals surface area contributed by atoms with Gasteiger partial charge in [0.05, 0.1) is 52.9 Å². The quantitative estimate of drug-likeness (QED) is 0.0159. The van der Waals surface area contributed by atoms with Crippen LogP contribution >= 0.6 is 0 Å². The molecule has 22 nitrogen and oxygen atoms in total. The normalized spacial score (nSPS) is 11.6. The summed E-state index contributed by atoms with van der Waals surface area (Å²) in [5.74, 6) is 5.00. The number of urea groups is 4. The number of carbonyl (C=O) groups excluding carboxylic acids is 4. The Balaban J connectivity index is 1.14. The van der Waals surface area contributed by atoms with Gasteiger partial charge in [-0.3, -0.25) is 0 Å². The predicted octanol–water partition coefficient (Wildman–Crippen LogP) is 28.1. The summed E-state index contributed by atoms with van der Waals surface area (Å²) >= 11 is 0. The van der Waals surface area contributed by atoms with Crippen molar-refractivity contribution in [2.45, 2.75) is 298 Å². The van der Waals surface area contributed by atoms with Crippen LogP contribution in [-0.4, -0.2) is 90.1 Å². The second-order valence-corrected chi connectivity index (χ2v) is 34.6. The molecule has 0 atom stereocenters. The molecule has 8 aromatic carbocycles. The molecule has 8 bridgehead atoms. The number of benzene rings is 8. The van der Waals surface area contributed by atoms with Crippen molar-refractivity contribution in [2.24, 2.45) is 11.5 Å². The highest BCUT2D eigenvalue weighted by Gasteiger charge is 2.27. The number of unbranched alkanes of at least 4 members (excludes halogenated alkanes) is 28. The monoisotopic (exact) mass is 1780 g/mol. The van der Waals surface area contributed by atoms with Gasteiger partial charge in [0.15, 0.2) is 0 Å². The minimum atomic E-state index is -0.497. The van der Waals surface area contributed by atoms with Crippen LogP contribution in [0.3, 0.4) is 0 Å². The Morgan fingerprint density at radius 3 is 0.562 bits per heavy atom. The average Bonchev–Trinajstić information content (AvgIpc) is 0.769. The van der Waals surface area contributed by atoms with E-state index < -0.39 is 24.1 Å². The third-order valence-corrected chi connectivity index (χ3v) is 23.1. The minimum Gasteiger partial charge on any atom is -0.494 e. The van der Waals surface area contributed by atoms with E-state index in [1.165, 1.54) is 154 Å². The third kappa shape index (κ3) is 38.3. The molecule has 708 valence electrons. The van der Waals surface area contributed by atoms with Gasteiger partial charge < -0.3 is 91.9 Å². The molecule has 1 aliphatic rings. The van der Waals surface area contributed by atoms with Crippen LogP contribution in [0.5, 0.6) is 46.0 Å². The molecule has 1 aliphatic carbocycles. The molecule has 0 unspecified atom stereocenters. The fraction of sp³-hybridized carbons (Fsp3) is 0.519. The SMILES string of the molecule is CCCCCCCCCCOc1ccc(NC(=O)Nc2cc3c(OCCC)c(c2)Cc2cc(NC(=O)Nc4ccc(OCCCCCCCCCC)cc4)cc(c2OCCCN)Cc2cc(NC(=O)Nc4ccc(OCCCCCCCCCC)cc4)cc(c2OCCC)Cc2cc(NC(=O)Nc4ccc(OCCCCCCCCCC)cc4)cc(c2OCCCN)C3)cc1. The Morgan fingerprint density at radius 1 is 0.208 bits per heavy atom. The molecule has 130 heavy (non-hydrogen) atoms. The van der Waals surface area contributed by atoms with Crippen molar-refractivity contribution in [3.63, 3.8) is 0 Å². The van der Waals surface area contributed by atoms with Crippen molar-refractivity contribution in [1.82, 2.24) is 0 Å². The van der Waals surface area contributed by atoms with Crippen LogP contribution in [-0.2, 0) is 25.7 Å². The highest BCUT2D eigenvalue weighted by Crippen LogP contribution is 2.44. The van der Waals surface area contributed by atoms with Crippen LogP contribution in [0, 0.1) is 0 Å². The van der Waals surface area contributed by atoms with Gasteiger partial charge in [0.1, 0.15) is 46.0 Å². The molecule has 0 saturated carbocycles. The Bertz CT molecular complexity index is 4200. The second-order valence-electron chi connectivity index (χ2n) is 34.6. The number of nitrogens with two attached hydrogens (primary N) is 2. The molecule has 0 aromatic heterocycles. The van der Waals surface area contributed by atoms with Gasteiger partial charge in [0.25, 0.3) is 0 Å². The fourth-order valence-corrected chi connectivity index (χ4v) is 16.3. The third-order valence-electron chi connectivity index (χ3n) is 23.1. The molecule has 22 heteroatoms. The molecular weight excluding hydrogens is 1630 g/mol. The standard InChI is InChI=1S/C108H154N10O12/c1-7-13-17-21-25-29-33-37-63-123-97-51-43-89(44-52-97)111-105(119)115-93-73-81-69-85-77-95(117-107(121)113-91-47-55-99(56-48-91)125-65-39-35-31-27-23-19-15-9-3)79-87(103(85)129-67-41-59-109)71-83-75-94(116-106(120)112-90-45-53-98(54-46-90)124-64-38-34-30-26-22-18-14-8-2)76-84(102(83)128-62-12-6)72-88-80-96(78-86(104(88)130-68-42-60-110)70-82(74-93)101(81)127-61-11-5)118-108(122)114-92-49-57-100(58-50-92)126-66-40-36-32-28-24-20-16-10-4/h43-58,73-80H,7-42,59-72,109-110H2,1-6H3,(H2,111,115,119)(H2,112,116,120)(H2,113,117,121)(H2,114,118,122). The summed E-state index contributed by atoms with van der Waals surface area (Å²) in [7, 11) is 0. The molecule has 0 radical (unpaired) electrons. The number of anilines is 8. The number of rotatable bonds is 62. The summed E-state index contributed by atoms with van der Waals surface area (Å²) in [6.07, 6.45) is 41.2. The largest absolute Gasteiger partial charge is 0.494 e. The predicted molar refractivity (Wildman–Crippen MR) is 536 cm³/mol. The van der Waals surface area contributed by atoms with E-state index in [0.29, 0.717) is 214 Å². The molecule has 8 amide bonds. The van der Waals surface area contributed by atoms with Crippen LogP contribution in [0.2, 0.25) is 0 Å². The molecule has 0 heterocycles. The van der Waals surface area contributed by atoms with Gasteiger partial charge in [0, 0.05) is 116 Å². The van der Waals surface area contributed by atoms with E-state index in [9.17, 15) is 19.2 Å². The van der Waals surface area contributed by atoms with Crippen molar-refractivity contribution in [3.05, 3.63) is 190 Å². The lowest BCUT2D eigenvalue weighted by Crippen LogP contribution is -2.21. The Kier molecular flexibility index (Phi) is 48.2. The van der Waals surface area contributed by atoms with E-state index in [-0.39, 0.29) is 38.9 Å². The molecule has 0 aliphatic heterocycles. The summed E-state index contributed by atoms with van der Waals surface area (Å²) in [4.78, 5) is 59.0. The number of carbonyl (C=O) groups is 4. The number of fused-ring (bicyclic) bond motifs is 8. The first-order chi connectivity index (χ1) is 63.8.